The van der Waals surface area contributed by atoms with Crippen molar-refractivity contribution in [2.24, 2.45) is 0 Å². The van der Waals surface area contributed by atoms with Crippen LogP contribution < -0.4 is 10.1 Å². The summed E-state index contributed by atoms with van der Waals surface area (Å²) < 4.78 is 16.6. The fourth-order valence-corrected chi connectivity index (χ4v) is 2.07. The van der Waals surface area contributed by atoms with E-state index in [-0.39, 0.29) is 13.2 Å². The second kappa shape index (κ2) is 8.11. The van der Waals surface area contributed by atoms with Gasteiger partial charge in [0.05, 0.1) is 26.4 Å². The highest BCUT2D eigenvalue weighted by Crippen LogP contribution is 2.17. The summed E-state index contributed by atoms with van der Waals surface area (Å²) in [5.41, 5.74) is 0. The number of carbonyl (C=O) groups is 2. The molecule has 1 saturated heterocycles. The summed E-state index contributed by atoms with van der Waals surface area (Å²) in [6.45, 7) is 0.797. The van der Waals surface area contributed by atoms with Crippen molar-refractivity contribution in [2.45, 2.75) is 12.2 Å². The number of nitrogens with one attached hydrogen (secondary N) is 1. The lowest BCUT2D eigenvalue weighted by Crippen LogP contribution is -2.47. The molecule has 1 aromatic carbocycles. The van der Waals surface area contributed by atoms with Crippen LogP contribution in [0.3, 0.4) is 0 Å². The molecule has 0 saturated carbocycles. The molecule has 1 heterocycles. The molecule has 22 heavy (non-hydrogen) atoms. The Bertz CT molecular complexity index is 515. The summed E-state index contributed by atoms with van der Waals surface area (Å²) in [5.74, 6) is -1.17. The van der Waals surface area contributed by atoms with E-state index >= 15 is 0 Å². The van der Waals surface area contributed by atoms with E-state index < -0.39 is 24.1 Å². The second-order valence-electron chi connectivity index (χ2n) is 4.58. The number of carboxylic acid groups (broad SMARTS) is 1. The molecule has 2 rings (SSSR count). The SMILES string of the molecule is O=C(O)C(CNC(=O)C1COCCO1)Oc1ccc(Br)cc1. The number of carboxylic acids is 1. The van der Waals surface area contributed by atoms with Crippen LogP contribution in [0.1, 0.15) is 0 Å². The van der Waals surface area contributed by atoms with Crippen molar-refractivity contribution in [2.75, 3.05) is 26.4 Å². The highest BCUT2D eigenvalue weighted by molar-refractivity contribution is 9.10. The molecular weight excluding hydrogens is 358 g/mol. The third-order valence-electron chi connectivity index (χ3n) is 2.94. The molecule has 2 unspecified atom stereocenters. The maximum atomic E-state index is 11.9. The van der Waals surface area contributed by atoms with E-state index in [9.17, 15) is 14.7 Å². The van der Waals surface area contributed by atoms with Gasteiger partial charge < -0.3 is 24.6 Å². The van der Waals surface area contributed by atoms with Gasteiger partial charge in [-0.25, -0.2) is 4.79 Å². The van der Waals surface area contributed by atoms with Gasteiger partial charge in [0.2, 0.25) is 6.10 Å². The Kier molecular flexibility index (Phi) is 6.17. The summed E-state index contributed by atoms with van der Waals surface area (Å²) in [6.07, 6.45) is -1.90. The number of hydrogen-bond acceptors (Lipinski definition) is 5. The zero-order chi connectivity index (χ0) is 15.9. The first-order chi connectivity index (χ1) is 10.6. The quantitative estimate of drug-likeness (QED) is 0.766. The normalized spacial score (nSPS) is 19.2. The molecule has 1 aromatic rings. The van der Waals surface area contributed by atoms with Crippen LogP contribution in [0, 0.1) is 0 Å². The van der Waals surface area contributed by atoms with Crippen LogP contribution in [0.25, 0.3) is 0 Å². The monoisotopic (exact) mass is 373 g/mol. The van der Waals surface area contributed by atoms with Crippen LogP contribution in [0.15, 0.2) is 28.7 Å². The van der Waals surface area contributed by atoms with Gasteiger partial charge >= 0.3 is 5.97 Å². The lowest BCUT2D eigenvalue weighted by molar-refractivity contribution is -0.149. The largest absolute Gasteiger partial charge is 0.478 e. The molecular formula is C14H16BrNO6. The predicted molar refractivity (Wildman–Crippen MR) is 79.8 cm³/mol. The maximum Gasteiger partial charge on any atom is 0.346 e. The van der Waals surface area contributed by atoms with E-state index in [0.29, 0.717) is 19.0 Å². The highest BCUT2D eigenvalue weighted by Gasteiger charge is 2.26. The molecule has 0 spiro atoms. The Morgan fingerprint density at radius 3 is 2.68 bits per heavy atom. The molecule has 0 bridgehead atoms. The number of carbonyl (C=O) groups excluding carboxylic acids is 1. The average molecular weight is 374 g/mol. The van der Waals surface area contributed by atoms with Crippen LogP contribution in [0.5, 0.6) is 5.75 Å². The van der Waals surface area contributed by atoms with Gasteiger partial charge in [-0.15, -0.1) is 0 Å². The third kappa shape index (κ3) is 4.97. The number of aliphatic carboxylic acids is 1. The van der Waals surface area contributed by atoms with Crippen LogP contribution >= 0.6 is 15.9 Å². The number of halogens is 1. The minimum atomic E-state index is -1.19. The first-order valence-corrected chi connectivity index (χ1v) is 7.47. The zero-order valence-corrected chi connectivity index (χ0v) is 13.2. The molecule has 8 heteroatoms. The maximum absolute atomic E-state index is 11.9. The van der Waals surface area contributed by atoms with E-state index in [4.69, 9.17) is 14.2 Å². The standard InChI is InChI=1S/C14H16BrNO6/c15-9-1-3-10(4-2-9)22-11(14(18)19)7-16-13(17)12-8-20-5-6-21-12/h1-4,11-12H,5-8H2,(H,16,17)(H,18,19). The van der Waals surface area contributed by atoms with E-state index in [1.165, 1.54) is 0 Å². The van der Waals surface area contributed by atoms with E-state index in [2.05, 4.69) is 21.2 Å². The molecule has 7 nitrogen and oxygen atoms in total. The first kappa shape index (κ1) is 16.7. The van der Waals surface area contributed by atoms with Gasteiger partial charge in [0, 0.05) is 4.47 Å². The van der Waals surface area contributed by atoms with Gasteiger partial charge in [-0.3, -0.25) is 4.79 Å². The Morgan fingerprint density at radius 2 is 2.09 bits per heavy atom. The van der Waals surface area contributed by atoms with Gasteiger partial charge in [-0.1, -0.05) is 15.9 Å². The lowest BCUT2D eigenvalue weighted by Gasteiger charge is -2.23. The number of hydrogen-bond donors (Lipinski definition) is 2. The van der Waals surface area contributed by atoms with Crippen LogP contribution in [0.2, 0.25) is 0 Å². The molecule has 1 fully saturated rings. The summed E-state index contributed by atoms with van der Waals surface area (Å²) in [7, 11) is 0. The van der Waals surface area contributed by atoms with Gasteiger partial charge in [0.15, 0.2) is 6.10 Å². The minimum absolute atomic E-state index is 0.163. The molecule has 1 aliphatic heterocycles. The van der Waals surface area contributed by atoms with Gasteiger partial charge in [0.25, 0.3) is 5.91 Å². The lowest BCUT2D eigenvalue weighted by atomic mass is 10.3. The van der Waals surface area contributed by atoms with Crippen molar-refractivity contribution in [3.05, 3.63) is 28.7 Å². The molecule has 0 radical (unpaired) electrons. The fraction of sp³-hybridized carbons (Fsp3) is 0.429. The van der Waals surface area contributed by atoms with Crippen LogP contribution in [0.4, 0.5) is 0 Å². The van der Waals surface area contributed by atoms with Crippen molar-refractivity contribution in [1.29, 1.82) is 0 Å². The van der Waals surface area contributed by atoms with Crippen molar-refractivity contribution >= 4 is 27.8 Å². The Labute approximate surface area is 135 Å². The molecule has 2 N–H and O–H groups in total. The van der Waals surface area contributed by atoms with Crippen LogP contribution in [-0.2, 0) is 19.1 Å². The average Bonchev–Trinajstić information content (AvgIpc) is 2.53. The minimum Gasteiger partial charge on any atom is -0.478 e. The summed E-state index contributed by atoms with van der Waals surface area (Å²) in [6, 6.07) is 6.75. The van der Waals surface area contributed by atoms with Crippen molar-refractivity contribution in [3.8, 4) is 5.75 Å². The van der Waals surface area contributed by atoms with Crippen molar-refractivity contribution < 1.29 is 28.9 Å². The van der Waals surface area contributed by atoms with Crippen molar-refractivity contribution in [3.63, 3.8) is 0 Å². The molecule has 1 amide bonds. The molecule has 1 aliphatic rings. The molecule has 0 aliphatic carbocycles. The van der Waals surface area contributed by atoms with E-state index in [1.54, 1.807) is 24.3 Å². The van der Waals surface area contributed by atoms with Crippen molar-refractivity contribution in [1.82, 2.24) is 5.32 Å². The fourth-order valence-electron chi connectivity index (χ4n) is 1.80. The second-order valence-corrected chi connectivity index (χ2v) is 5.49. The summed E-state index contributed by atoms with van der Waals surface area (Å²) >= 11 is 3.28. The number of ether oxygens (including phenoxy) is 3. The number of rotatable bonds is 6. The highest BCUT2D eigenvalue weighted by atomic mass is 79.9. The molecule has 0 aromatic heterocycles. The first-order valence-electron chi connectivity index (χ1n) is 6.68. The Balaban J connectivity index is 1.87. The third-order valence-corrected chi connectivity index (χ3v) is 3.47. The van der Waals surface area contributed by atoms with E-state index in [1.807, 2.05) is 0 Å². The Hall–Kier alpha value is -1.64. The molecule has 120 valence electrons. The summed E-state index contributed by atoms with van der Waals surface area (Å²) in [4.78, 5) is 23.1. The molecule has 2 atom stereocenters. The Morgan fingerprint density at radius 1 is 1.36 bits per heavy atom. The number of benzene rings is 1. The zero-order valence-electron chi connectivity index (χ0n) is 11.7. The predicted octanol–water partition coefficient (Wildman–Crippen LogP) is 0.813. The van der Waals surface area contributed by atoms with Gasteiger partial charge in [-0.2, -0.15) is 0 Å². The topological polar surface area (TPSA) is 94.1 Å². The number of amides is 1. The summed E-state index contributed by atoms with van der Waals surface area (Å²) in [5, 5.41) is 11.7. The van der Waals surface area contributed by atoms with Crippen LogP contribution in [-0.4, -0.2) is 55.6 Å². The van der Waals surface area contributed by atoms with E-state index in [0.717, 1.165) is 4.47 Å². The van der Waals surface area contributed by atoms with Gasteiger partial charge in [-0.05, 0) is 24.3 Å². The smallest absolute Gasteiger partial charge is 0.346 e. The van der Waals surface area contributed by atoms with Gasteiger partial charge in [0.1, 0.15) is 5.75 Å².